The van der Waals surface area contributed by atoms with E-state index in [1.807, 2.05) is 97.1 Å². The van der Waals surface area contributed by atoms with Crippen LogP contribution in [-0.2, 0) is 62.4 Å². The van der Waals surface area contributed by atoms with E-state index in [9.17, 15) is 24.6 Å². The Bertz CT molecular complexity index is 2080. The van der Waals surface area contributed by atoms with Gasteiger partial charge in [-0.3, -0.25) is 9.59 Å². The van der Waals surface area contributed by atoms with Crippen molar-refractivity contribution in [2.45, 2.75) is 81.1 Å². The molecule has 0 spiro atoms. The Hall–Kier alpha value is -4.61. The highest BCUT2D eigenvalue weighted by atomic mass is 79.9. The molecule has 2 fully saturated rings. The summed E-state index contributed by atoms with van der Waals surface area (Å²) in [4.78, 5) is 42.5. The summed E-state index contributed by atoms with van der Waals surface area (Å²) in [6.45, 7) is 0.0857. The van der Waals surface area contributed by atoms with Crippen LogP contribution >= 0.6 is 15.9 Å². The number of benzene rings is 4. The molecule has 0 saturated carbocycles. The molecule has 0 aliphatic carbocycles. The lowest BCUT2D eigenvalue weighted by Gasteiger charge is -2.45. The summed E-state index contributed by atoms with van der Waals surface area (Å²) in [5.41, 5.74) is 3.27. The lowest BCUT2D eigenvalue weighted by molar-refractivity contribution is -0.320. The van der Waals surface area contributed by atoms with Gasteiger partial charge in [0, 0.05) is 20.1 Å². The van der Waals surface area contributed by atoms with E-state index >= 15 is 0 Å². The molecule has 322 valence electrons. The quantitative estimate of drug-likeness (QED) is 0.109. The minimum Gasteiger partial charge on any atom is -0.446 e. The van der Waals surface area contributed by atoms with Crippen molar-refractivity contribution in [1.29, 1.82) is 0 Å². The second-order valence-electron chi connectivity index (χ2n) is 15.1. The van der Waals surface area contributed by atoms with Gasteiger partial charge in [-0.05, 0) is 57.1 Å². The van der Waals surface area contributed by atoms with Crippen molar-refractivity contribution in [3.05, 3.63) is 154 Å². The Morgan fingerprint density at radius 1 is 0.820 bits per heavy atom. The molecule has 2 saturated heterocycles. The fourth-order valence-electron chi connectivity index (χ4n) is 7.91. The molecule has 3 heterocycles. The van der Waals surface area contributed by atoms with Gasteiger partial charge in [-0.25, -0.2) is 9.69 Å². The summed E-state index contributed by atoms with van der Waals surface area (Å²) in [5.74, 6) is -4.46. The van der Waals surface area contributed by atoms with Gasteiger partial charge in [0.1, 0.15) is 43.2 Å². The molecule has 14 heteroatoms. The molecule has 0 bridgehead atoms. The number of nitrogens with zero attached hydrogens (tertiary/aromatic N) is 1. The lowest BCUT2D eigenvalue weighted by atomic mass is 9.87. The number of hydrogen-bond donors (Lipinski definition) is 2. The number of cyclic esters (lactones) is 1. The van der Waals surface area contributed by atoms with Crippen LogP contribution in [-0.4, -0.2) is 102 Å². The zero-order valence-electron chi connectivity index (χ0n) is 33.7. The van der Waals surface area contributed by atoms with Gasteiger partial charge >= 0.3 is 6.09 Å². The summed E-state index contributed by atoms with van der Waals surface area (Å²) in [7, 11) is 1.48. The Balaban J connectivity index is 1.08. The molecule has 61 heavy (non-hydrogen) atoms. The predicted molar refractivity (Wildman–Crippen MR) is 225 cm³/mol. The smallest absolute Gasteiger partial charge is 0.417 e. The van der Waals surface area contributed by atoms with Crippen molar-refractivity contribution in [1.82, 2.24) is 4.90 Å². The number of aliphatic hydroxyl groups excluding tert-OH is 1. The van der Waals surface area contributed by atoms with Crippen LogP contribution in [0.3, 0.4) is 0 Å². The van der Waals surface area contributed by atoms with Crippen molar-refractivity contribution in [2.75, 3.05) is 26.9 Å². The number of ketones is 1. The Kier molecular flexibility index (Phi) is 15.3. The maximum Gasteiger partial charge on any atom is 0.417 e. The number of amides is 2. The number of hydrogen-bond acceptors (Lipinski definition) is 12. The largest absolute Gasteiger partial charge is 0.446 e. The molecule has 9 unspecified atom stereocenters. The van der Waals surface area contributed by atoms with Crippen LogP contribution in [0.15, 0.2) is 132 Å². The standard InChI is InChI=1S/C47H50BrNO12/c1-55-45-43(42(58-29-33-19-10-4-11-20-33)41(38(27-50)60-45)57-28-32-17-8-3-9-18-32)56-24-14-23-47(54)39(48)26-37(51)40(61-47)35(25-31-15-6-2-7-16-31)44(52)49-36(30-59-46(49)53)34-21-12-5-13-22-34/h2-13,15-22,26,35-36,38,40-43,45,50,54H,14,23-25,27-30H2,1H3. The second-order valence-corrected chi connectivity index (χ2v) is 16.0. The fraction of sp³-hybridized carbons (Fsp3) is 0.383. The molecule has 9 atom stereocenters. The molecule has 3 aliphatic heterocycles. The summed E-state index contributed by atoms with van der Waals surface area (Å²) >= 11 is 3.36. The molecule has 4 aromatic rings. The Labute approximate surface area is 363 Å². The Morgan fingerprint density at radius 3 is 1.98 bits per heavy atom. The van der Waals surface area contributed by atoms with Crippen LogP contribution in [0.2, 0.25) is 0 Å². The van der Waals surface area contributed by atoms with Crippen LogP contribution in [0.4, 0.5) is 4.79 Å². The number of aliphatic hydroxyl groups is 2. The van der Waals surface area contributed by atoms with Gasteiger partial charge in [0.05, 0.1) is 30.2 Å². The van der Waals surface area contributed by atoms with Gasteiger partial charge in [0.2, 0.25) is 5.91 Å². The van der Waals surface area contributed by atoms with E-state index in [2.05, 4.69) is 15.9 Å². The Morgan fingerprint density at radius 2 is 1.39 bits per heavy atom. The minimum absolute atomic E-state index is 0.0405. The van der Waals surface area contributed by atoms with Gasteiger partial charge in [-0.15, -0.1) is 0 Å². The first-order valence-corrected chi connectivity index (χ1v) is 21.1. The van der Waals surface area contributed by atoms with Crippen molar-refractivity contribution in [3.8, 4) is 0 Å². The topological polar surface area (TPSA) is 160 Å². The first-order chi connectivity index (χ1) is 29.7. The number of halogens is 1. The molecule has 7 rings (SSSR count). The molecule has 3 aliphatic rings. The SMILES string of the molecule is COC1OC(CO)C(OCc2ccccc2)C(OCc2ccccc2)C1OCCCC1(O)OC(C(Cc2ccccc2)C(=O)N2C(=O)OCC2c2ccccc2)C(=O)C=C1Br. The summed E-state index contributed by atoms with van der Waals surface area (Å²) in [5, 5.41) is 22.5. The van der Waals surface area contributed by atoms with Crippen LogP contribution in [0.25, 0.3) is 0 Å². The van der Waals surface area contributed by atoms with Gasteiger partial charge in [-0.2, -0.15) is 0 Å². The molecule has 2 amide bonds. The number of rotatable bonds is 18. The zero-order chi connectivity index (χ0) is 42.8. The monoisotopic (exact) mass is 899 g/mol. The molecule has 13 nitrogen and oxygen atoms in total. The van der Waals surface area contributed by atoms with Crippen molar-refractivity contribution in [3.63, 3.8) is 0 Å². The van der Waals surface area contributed by atoms with E-state index in [-0.39, 0.29) is 56.8 Å². The average molecular weight is 901 g/mol. The molecular formula is C47H50BrNO12. The van der Waals surface area contributed by atoms with Gasteiger partial charge < -0.3 is 43.4 Å². The summed E-state index contributed by atoms with van der Waals surface area (Å²) in [6.07, 6.45) is -4.97. The highest BCUT2D eigenvalue weighted by Gasteiger charge is 2.51. The lowest BCUT2D eigenvalue weighted by Crippen LogP contribution is -2.61. The van der Waals surface area contributed by atoms with Crippen LogP contribution < -0.4 is 0 Å². The first-order valence-electron chi connectivity index (χ1n) is 20.3. The maximum atomic E-state index is 14.5. The second kappa shape index (κ2) is 21.0. The zero-order valence-corrected chi connectivity index (χ0v) is 35.3. The average Bonchev–Trinajstić information content (AvgIpc) is 3.69. The van der Waals surface area contributed by atoms with E-state index in [0.29, 0.717) is 5.56 Å². The van der Waals surface area contributed by atoms with E-state index in [0.717, 1.165) is 21.6 Å². The number of carbonyl (C=O) groups excluding carboxylic acids is 3. The molecular weight excluding hydrogens is 850 g/mol. The third kappa shape index (κ3) is 10.7. The van der Waals surface area contributed by atoms with Crippen molar-refractivity contribution in [2.24, 2.45) is 5.92 Å². The molecule has 2 N–H and O–H groups in total. The van der Waals surface area contributed by atoms with Gasteiger partial charge in [0.15, 0.2) is 17.9 Å². The van der Waals surface area contributed by atoms with Crippen molar-refractivity contribution >= 4 is 33.7 Å². The van der Waals surface area contributed by atoms with E-state index in [1.54, 1.807) is 24.3 Å². The molecule has 4 aromatic carbocycles. The predicted octanol–water partition coefficient (Wildman–Crippen LogP) is 6.20. The van der Waals surface area contributed by atoms with Crippen molar-refractivity contribution < 1.29 is 57.8 Å². The number of ether oxygens (including phenoxy) is 7. The van der Waals surface area contributed by atoms with Gasteiger partial charge in [-0.1, -0.05) is 121 Å². The number of imide groups is 1. The molecule has 0 aromatic heterocycles. The highest BCUT2D eigenvalue weighted by Crippen LogP contribution is 2.39. The molecule has 0 radical (unpaired) electrons. The fourth-order valence-corrected chi connectivity index (χ4v) is 8.42. The number of methoxy groups -OCH3 is 1. The summed E-state index contributed by atoms with van der Waals surface area (Å²) in [6, 6.07) is 36.7. The third-order valence-electron chi connectivity index (χ3n) is 11.1. The van der Waals surface area contributed by atoms with Crippen LogP contribution in [0.5, 0.6) is 0 Å². The highest BCUT2D eigenvalue weighted by molar-refractivity contribution is 9.11. The van der Waals surface area contributed by atoms with E-state index in [4.69, 9.17) is 33.2 Å². The first kappa shape index (κ1) is 44.4. The van der Waals surface area contributed by atoms with E-state index < -0.39 is 72.3 Å². The number of carbonyl (C=O) groups is 3. The maximum absolute atomic E-state index is 14.5. The van der Waals surface area contributed by atoms with Crippen LogP contribution in [0.1, 0.15) is 41.1 Å². The minimum atomic E-state index is -2.04. The third-order valence-corrected chi connectivity index (χ3v) is 11.9. The van der Waals surface area contributed by atoms with Gasteiger partial charge in [0.25, 0.3) is 0 Å². The normalized spacial score (nSPS) is 27.0. The van der Waals surface area contributed by atoms with E-state index in [1.165, 1.54) is 13.2 Å². The van der Waals surface area contributed by atoms with Crippen LogP contribution in [0, 0.1) is 5.92 Å². The summed E-state index contributed by atoms with van der Waals surface area (Å²) < 4.78 is 43.0.